The number of nitrogens with zero attached hydrogens (tertiary/aromatic N) is 1. The van der Waals surface area contributed by atoms with Crippen molar-refractivity contribution in [1.29, 1.82) is 0 Å². The third-order valence-electron chi connectivity index (χ3n) is 3.27. The molecule has 0 aromatic heterocycles. The van der Waals surface area contributed by atoms with Crippen LogP contribution in [0.25, 0.3) is 0 Å². The van der Waals surface area contributed by atoms with Gasteiger partial charge in [0, 0.05) is 24.8 Å². The van der Waals surface area contributed by atoms with E-state index in [1.807, 2.05) is 0 Å². The molecular weight excluding hydrogens is 208 g/mol. The standard InChI is InChI=1S/C15H24N2/c1-13(2)11-17-10-6-9-15(12-17)16-14-7-4-3-5-8-14/h3-5,7-8,13,15-16H,6,9-12H2,1-2H3. The number of nitrogens with one attached hydrogen (secondary N) is 1. The van der Waals surface area contributed by atoms with E-state index in [1.54, 1.807) is 0 Å². The Kier molecular flexibility index (Phi) is 4.43. The van der Waals surface area contributed by atoms with E-state index in [-0.39, 0.29) is 0 Å². The van der Waals surface area contributed by atoms with Crippen LogP contribution in [-0.2, 0) is 0 Å². The van der Waals surface area contributed by atoms with E-state index in [0.29, 0.717) is 6.04 Å². The summed E-state index contributed by atoms with van der Waals surface area (Å²) in [6.45, 7) is 8.29. The molecule has 0 amide bonds. The topological polar surface area (TPSA) is 15.3 Å². The van der Waals surface area contributed by atoms with Gasteiger partial charge < -0.3 is 10.2 Å². The first-order valence-corrected chi connectivity index (χ1v) is 6.78. The Labute approximate surface area is 105 Å². The number of rotatable bonds is 4. The molecule has 1 aliphatic rings. The van der Waals surface area contributed by atoms with E-state index >= 15 is 0 Å². The zero-order valence-corrected chi connectivity index (χ0v) is 11.0. The van der Waals surface area contributed by atoms with Gasteiger partial charge in [-0.3, -0.25) is 0 Å². The van der Waals surface area contributed by atoms with E-state index in [4.69, 9.17) is 0 Å². The van der Waals surface area contributed by atoms with Gasteiger partial charge >= 0.3 is 0 Å². The molecule has 1 heterocycles. The van der Waals surface area contributed by atoms with Gasteiger partial charge in [0.15, 0.2) is 0 Å². The Morgan fingerprint density at radius 2 is 2.06 bits per heavy atom. The predicted octanol–water partition coefficient (Wildman–Crippen LogP) is 3.22. The van der Waals surface area contributed by atoms with E-state index in [9.17, 15) is 0 Å². The highest BCUT2D eigenvalue weighted by Gasteiger charge is 2.19. The lowest BCUT2D eigenvalue weighted by molar-refractivity contribution is 0.195. The predicted molar refractivity (Wildman–Crippen MR) is 74.4 cm³/mol. The average Bonchev–Trinajstić information content (AvgIpc) is 2.30. The van der Waals surface area contributed by atoms with E-state index < -0.39 is 0 Å². The Bertz CT molecular complexity index is 321. The quantitative estimate of drug-likeness (QED) is 0.857. The summed E-state index contributed by atoms with van der Waals surface area (Å²) in [5.74, 6) is 0.769. The minimum Gasteiger partial charge on any atom is -0.381 e. The zero-order chi connectivity index (χ0) is 12.1. The van der Waals surface area contributed by atoms with E-state index in [1.165, 1.54) is 38.2 Å². The molecule has 1 N–H and O–H groups in total. The lowest BCUT2D eigenvalue weighted by atomic mass is 10.0. The summed E-state index contributed by atoms with van der Waals surface area (Å²) in [6, 6.07) is 11.2. The van der Waals surface area contributed by atoms with Crippen LogP contribution in [0.3, 0.4) is 0 Å². The molecule has 0 radical (unpaired) electrons. The highest BCUT2D eigenvalue weighted by molar-refractivity contribution is 5.43. The highest BCUT2D eigenvalue weighted by Crippen LogP contribution is 2.16. The van der Waals surface area contributed by atoms with Crippen molar-refractivity contribution in [3.05, 3.63) is 30.3 Å². The first-order valence-electron chi connectivity index (χ1n) is 6.78. The van der Waals surface area contributed by atoms with Gasteiger partial charge in [0.1, 0.15) is 0 Å². The van der Waals surface area contributed by atoms with Crippen LogP contribution in [0.4, 0.5) is 5.69 Å². The second-order valence-electron chi connectivity index (χ2n) is 5.50. The third kappa shape index (κ3) is 4.04. The van der Waals surface area contributed by atoms with Crippen molar-refractivity contribution in [3.63, 3.8) is 0 Å². The molecule has 17 heavy (non-hydrogen) atoms. The second-order valence-corrected chi connectivity index (χ2v) is 5.50. The van der Waals surface area contributed by atoms with Crippen LogP contribution in [0.15, 0.2) is 30.3 Å². The van der Waals surface area contributed by atoms with Crippen LogP contribution in [-0.4, -0.2) is 30.6 Å². The van der Waals surface area contributed by atoms with Crippen LogP contribution in [0.1, 0.15) is 26.7 Å². The summed E-state index contributed by atoms with van der Waals surface area (Å²) in [7, 11) is 0. The Morgan fingerprint density at radius 3 is 2.76 bits per heavy atom. The lowest BCUT2D eigenvalue weighted by Gasteiger charge is -2.34. The van der Waals surface area contributed by atoms with Gasteiger partial charge in [0.05, 0.1) is 0 Å². The molecule has 0 saturated carbocycles. The number of hydrogen-bond donors (Lipinski definition) is 1. The fraction of sp³-hybridized carbons (Fsp3) is 0.600. The smallest absolute Gasteiger partial charge is 0.0388 e. The maximum atomic E-state index is 3.64. The first-order chi connectivity index (χ1) is 8.24. The summed E-state index contributed by atoms with van der Waals surface area (Å²) >= 11 is 0. The minimum atomic E-state index is 0.616. The van der Waals surface area contributed by atoms with Crippen LogP contribution in [0, 0.1) is 5.92 Å². The van der Waals surface area contributed by atoms with Crippen LogP contribution in [0.5, 0.6) is 0 Å². The summed E-state index contributed by atoms with van der Waals surface area (Å²) in [5, 5.41) is 3.64. The van der Waals surface area contributed by atoms with E-state index in [0.717, 1.165) is 5.92 Å². The van der Waals surface area contributed by atoms with Gasteiger partial charge in [-0.25, -0.2) is 0 Å². The normalized spacial score (nSPS) is 21.7. The van der Waals surface area contributed by atoms with Crippen molar-refractivity contribution in [1.82, 2.24) is 4.90 Å². The fourth-order valence-corrected chi connectivity index (χ4v) is 2.63. The van der Waals surface area contributed by atoms with Crippen molar-refractivity contribution < 1.29 is 0 Å². The average molecular weight is 232 g/mol. The van der Waals surface area contributed by atoms with Crippen molar-refractivity contribution in [2.75, 3.05) is 25.0 Å². The summed E-state index contributed by atoms with van der Waals surface area (Å²) < 4.78 is 0. The van der Waals surface area contributed by atoms with Crippen LogP contribution < -0.4 is 5.32 Å². The molecule has 2 nitrogen and oxygen atoms in total. The summed E-state index contributed by atoms with van der Waals surface area (Å²) in [4.78, 5) is 2.59. The third-order valence-corrected chi connectivity index (χ3v) is 3.27. The van der Waals surface area contributed by atoms with Gasteiger partial charge in [-0.05, 0) is 37.4 Å². The molecular formula is C15H24N2. The zero-order valence-electron chi connectivity index (χ0n) is 11.0. The van der Waals surface area contributed by atoms with Gasteiger partial charge in [-0.1, -0.05) is 32.0 Å². The molecule has 0 aliphatic carbocycles. The fourth-order valence-electron chi connectivity index (χ4n) is 2.63. The molecule has 0 spiro atoms. The molecule has 1 aromatic carbocycles. The van der Waals surface area contributed by atoms with Gasteiger partial charge in [0.2, 0.25) is 0 Å². The SMILES string of the molecule is CC(C)CN1CCCC(Nc2ccccc2)C1. The minimum absolute atomic E-state index is 0.616. The molecule has 1 aliphatic heterocycles. The van der Waals surface area contributed by atoms with Crippen molar-refractivity contribution in [3.8, 4) is 0 Å². The number of hydrogen-bond acceptors (Lipinski definition) is 2. The monoisotopic (exact) mass is 232 g/mol. The largest absolute Gasteiger partial charge is 0.381 e. The maximum Gasteiger partial charge on any atom is 0.0388 e. The molecule has 1 atom stereocenters. The molecule has 1 aromatic rings. The summed E-state index contributed by atoms with van der Waals surface area (Å²) in [5.41, 5.74) is 1.25. The number of para-hydroxylation sites is 1. The number of likely N-dealkylation sites (tertiary alicyclic amines) is 1. The molecule has 2 rings (SSSR count). The first kappa shape index (κ1) is 12.4. The Hall–Kier alpha value is -1.02. The molecule has 1 unspecified atom stereocenters. The summed E-state index contributed by atoms with van der Waals surface area (Å²) in [6.07, 6.45) is 2.61. The van der Waals surface area contributed by atoms with Gasteiger partial charge in [0.25, 0.3) is 0 Å². The maximum absolute atomic E-state index is 3.64. The van der Waals surface area contributed by atoms with Crippen molar-refractivity contribution >= 4 is 5.69 Å². The second kappa shape index (κ2) is 6.06. The molecule has 1 saturated heterocycles. The molecule has 94 valence electrons. The molecule has 1 fully saturated rings. The number of anilines is 1. The van der Waals surface area contributed by atoms with Crippen LogP contribution >= 0.6 is 0 Å². The lowest BCUT2D eigenvalue weighted by Crippen LogP contribution is -2.43. The van der Waals surface area contributed by atoms with Crippen molar-refractivity contribution in [2.24, 2.45) is 5.92 Å². The Morgan fingerprint density at radius 1 is 1.29 bits per heavy atom. The van der Waals surface area contributed by atoms with Gasteiger partial charge in [-0.15, -0.1) is 0 Å². The van der Waals surface area contributed by atoms with Crippen molar-refractivity contribution in [2.45, 2.75) is 32.7 Å². The number of piperidine rings is 1. The van der Waals surface area contributed by atoms with Gasteiger partial charge in [-0.2, -0.15) is 0 Å². The van der Waals surface area contributed by atoms with Crippen LogP contribution in [0.2, 0.25) is 0 Å². The van der Waals surface area contributed by atoms with E-state index in [2.05, 4.69) is 54.4 Å². The molecule has 0 bridgehead atoms. The Balaban J connectivity index is 1.85. The number of benzene rings is 1. The highest BCUT2D eigenvalue weighted by atomic mass is 15.2. The molecule has 2 heteroatoms.